The van der Waals surface area contributed by atoms with Crippen molar-refractivity contribution in [2.45, 2.75) is 0 Å². The van der Waals surface area contributed by atoms with Crippen molar-refractivity contribution in [2.24, 2.45) is 0 Å². The molecule has 0 aliphatic rings. The summed E-state index contributed by atoms with van der Waals surface area (Å²) in [6, 6.07) is 0. The number of rotatable bonds is 0. The van der Waals surface area contributed by atoms with E-state index in [0.717, 1.165) is 0 Å². The molecular formula is CaMgO2Ti+4. The van der Waals surface area contributed by atoms with Crippen LogP contribution in [-0.2, 0) is 32.7 Å². The van der Waals surface area contributed by atoms with Crippen LogP contribution in [0.5, 0.6) is 0 Å². The van der Waals surface area contributed by atoms with E-state index in [2.05, 4.69) is 0 Å². The van der Waals surface area contributed by atoms with Crippen molar-refractivity contribution in [3.63, 3.8) is 0 Å². The standard InChI is InChI=1S/Ca.Mg.2O.Ti/q2*+2;2*-2;+4. The number of hydrogen-bond donors (Lipinski definition) is 0. The summed E-state index contributed by atoms with van der Waals surface area (Å²) >= 11 is 0. The molecule has 0 radical (unpaired) electrons. The Morgan fingerprint density at radius 1 is 0.800 bits per heavy atom. The minimum Gasteiger partial charge on any atom is -2.00 e. The maximum atomic E-state index is 0. The van der Waals surface area contributed by atoms with Gasteiger partial charge in [0.1, 0.15) is 0 Å². The second kappa shape index (κ2) is 30.2. The zero-order valence-corrected chi connectivity index (χ0v) is 7.91. The van der Waals surface area contributed by atoms with Crippen LogP contribution in [0.15, 0.2) is 0 Å². The van der Waals surface area contributed by atoms with Gasteiger partial charge < -0.3 is 11.0 Å². The van der Waals surface area contributed by atoms with Gasteiger partial charge in [0.2, 0.25) is 0 Å². The smallest absolute Gasteiger partial charge is 2.00 e. The molecule has 5 heavy (non-hydrogen) atoms. The SMILES string of the molecule is [Ca+2].[Mg+2].[O-2].[O-2].[Ti+4]. The fourth-order valence-electron chi connectivity index (χ4n) is 0. The van der Waals surface area contributed by atoms with Gasteiger partial charge in [0.25, 0.3) is 0 Å². The largest absolute Gasteiger partial charge is 4.00 e. The molecule has 0 aromatic heterocycles. The first-order chi connectivity index (χ1) is 0. The fraction of sp³-hybridized carbons (Fsp3) is 0. The summed E-state index contributed by atoms with van der Waals surface area (Å²) < 4.78 is 0. The predicted octanol–water partition coefficient (Wildman–Crippen LogP) is -1.00. The molecule has 0 atom stereocenters. The molecule has 0 unspecified atom stereocenters. The third-order valence-corrected chi connectivity index (χ3v) is 0. The van der Waals surface area contributed by atoms with Crippen molar-refractivity contribution in [1.82, 2.24) is 0 Å². The zero-order valence-electron chi connectivity index (χ0n) is 2.73. The molecule has 0 amide bonds. The summed E-state index contributed by atoms with van der Waals surface area (Å²) in [5.41, 5.74) is 0. The average Bonchev–Trinajstić information content (AvgIpc) is 0. The van der Waals surface area contributed by atoms with Crippen molar-refractivity contribution in [3.8, 4) is 0 Å². The van der Waals surface area contributed by atoms with Crippen LogP contribution in [0.2, 0.25) is 0 Å². The Morgan fingerprint density at radius 2 is 0.800 bits per heavy atom. The van der Waals surface area contributed by atoms with Gasteiger partial charge in [0, 0.05) is 0 Å². The summed E-state index contributed by atoms with van der Waals surface area (Å²) in [5.74, 6) is 0. The maximum absolute atomic E-state index is 0. The monoisotopic (exact) mass is 144 g/mol. The molecule has 2 nitrogen and oxygen atoms in total. The van der Waals surface area contributed by atoms with Crippen LogP contribution in [0, 0.1) is 0 Å². The van der Waals surface area contributed by atoms with E-state index in [1.54, 1.807) is 0 Å². The van der Waals surface area contributed by atoms with E-state index in [0.29, 0.717) is 0 Å². The van der Waals surface area contributed by atoms with E-state index in [1.165, 1.54) is 0 Å². The summed E-state index contributed by atoms with van der Waals surface area (Å²) in [5, 5.41) is 0. The van der Waals surface area contributed by atoms with E-state index in [4.69, 9.17) is 0 Å². The third kappa shape index (κ3) is 20.4. The molecule has 0 aromatic rings. The van der Waals surface area contributed by atoms with Crippen LogP contribution in [0.1, 0.15) is 0 Å². The van der Waals surface area contributed by atoms with Gasteiger partial charge >= 0.3 is 82.5 Å². The van der Waals surface area contributed by atoms with Gasteiger partial charge in [-0.05, 0) is 0 Å². The Kier molecular flexibility index (Phi) is 290. The summed E-state index contributed by atoms with van der Waals surface area (Å²) in [7, 11) is 0. The van der Waals surface area contributed by atoms with Crippen LogP contribution in [0.25, 0.3) is 0 Å². The van der Waals surface area contributed by atoms with Crippen LogP contribution in [0.4, 0.5) is 0 Å². The van der Waals surface area contributed by atoms with Crippen molar-refractivity contribution in [1.29, 1.82) is 0 Å². The molecule has 0 rings (SSSR count). The van der Waals surface area contributed by atoms with E-state index in [1.807, 2.05) is 0 Å². The van der Waals surface area contributed by atoms with E-state index in [-0.39, 0.29) is 93.5 Å². The first-order valence-corrected chi connectivity index (χ1v) is 0. The van der Waals surface area contributed by atoms with Crippen molar-refractivity contribution in [2.75, 3.05) is 0 Å². The predicted molar refractivity (Wildman–Crippen MR) is 12.9 cm³/mol. The fourth-order valence-corrected chi connectivity index (χ4v) is 0. The normalized spacial score (nSPS) is 0. The molecule has 0 aliphatic carbocycles. The van der Waals surface area contributed by atoms with Gasteiger partial charge in [-0.25, -0.2) is 0 Å². The molecule has 0 N–H and O–H groups in total. The van der Waals surface area contributed by atoms with Gasteiger partial charge in [-0.3, -0.25) is 0 Å². The maximum Gasteiger partial charge on any atom is 4.00 e. The quantitative estimate of drug-likeness (QED) is 0.392. The van der Waals surface area contributed by atoms with Crippen LogP contribution in [-0.4, -0.2) is 60.8 Å². The van der Waals surface area contributed by atoms with Crippen LogP contribution < -0.4 is 0 Å². The zero-order chi connectivity index (χ0) is 0. The summed E-state index contributed by atoms with van der Waals surface area (Å²) in [6.07, 6.45) is 0. The van der Waals surface area contributed by atoms with E-state index < -0.39 is 0 Å². The number of hydrogen-bond acceptors (Lipinski definition) is 0. The Labute approximate surface area is 91.7 Å². The van der Waals surface area contributed by atoms with Crippen molar-refractivity contribution < 1.29 is 32.7 Å². The topological polar surface area (TPSA) is 57.0 Å². The van der Waals surface area contributed by atoms with Crippen LogP contribution in [0.3, 0.4) is 0 Å². The summed E-state index contributed by atoms with van der Waals surface area (Å²) in [6.45, 7) is 0. The van der Waals surface area contributed by atoms with Gasteiger partial charge in [-0.15, -0.1) is 0 Å². The molecule has 0 fully saturated rings. The van der Waals surface area contributed by atoms with Gasteiger partial charge in [-0.2, -0.15) is 0 Å². The molecular weight excluding hydrogens is 144 g/mol. The molecule has 16 valence electrons. The molecule has 0 aromatic carbocycles. The third-order valence-electron chi connectivity index (χ3n) is 0. The van der Waals surface area contributed by atoms with Gasteiger partial charge in [0.05, 0.1) is 0 Å². The first-order valence-electron chi connectivity index (χ1n) is 0. The van der Waals surface area contributed by atoms with Crippen molar-refractivity contribution >= 4 is 60.8 Å². The molecule has 5 heteroatoms. The summed E-state index contributed by atoms with van der Waals surface area (Å²) in [4.78, 5) is 0. The Morgan fingerprint density at radius 3 is 0.800 bits per heavy atom. The molecule has 0 saturated heterocycles. The Hall–Kier alpha value is 2.66. The molecule has 0 spiro atoms. The van der Waals surface area contributed by atoms with Gasteiger partial charge in [0.15, 0.2) is 0 Å². The Bertz CT molecular complexity index is 9.61. The van der Waals surface area contributed by atoms with Crippen molar-refractivity contribution in [3.05, 3.63) is 0 Å². The molecule has 0 saturated carbocycles. The van der Waals surface area contributed by atoms with Gasteiger partial charge in [-0.1, -0.05) is 0 Å². The second-order valence-corrected chi connectivity index (χ2v) is 0. The minimum absolute atomic E-state index is 0. The average molecular weight is 144 g/mol. The molecule has 0 aliphatic heterocycles. The molecule has 0 heterocycles. The van der Waals surface area contributed by atoms with E-state index in [9.17, 15) is 0 Å². The first kappa shape index (κ1) is 48.0. The van der Waals surface area contributed by atoms with E-state index >= 15 is 0 Å². The Balaban J connectivity index is 0. The minimum atomic E-state index is 0. The second-order valence-electron chi connectivity index (χ2n) is 0. The molecule has 0 bridgehead atoms. The van der Waals surface area contributed by atoms with Crippen LogP contribution >= 0.6 is 0 Å².